The number of benzene rings is 1. The third-order valence-electron chi connectivity index (χ3n) is 6.28. The van der Waals surface area contributed by atoms with Gasteiger partial charge in [0, 0.05) is 24.7 Å². The van der Waals surface area contributed by atoms with Crippen molar-refractivity contribution in [2.75, 3.05) is 46.0 Å². The van der Waals surface area contributed by atoms with Crippen molar-refractivity contribution in [1.82, 2.24) is 10.2 Å². The van der Waals surface area contributed by atoms with Gasteiger partial charge < -0.3 is 19.7 Å². The first kappa shape index (κ1) is 19.2. The second-order valence-electron chi connectivity index (χ2n) is 8.14. The first-order chi connectivity index (χ1) is 13.1. The lowest BCUT2D eigenvalue weighted by Gasteiger charge is -2.46. The number of hydrogen-bond acceptors (Lipinski definition) is 4. The van der Waals surface area contributed by atoms with Crippen molar-refractivity contribution >= 4 is 17.5 Å². The molecule has 5 nitrogen and oxygen atoms in total. The molecule has 1 aromatic rings. The molecule has 1 N–H and O–H groups in total. The molecule has 0 bridgehead atoms. The SMILES string of the molecule is O=C(N1CCO[C@@]2(CNCCOC2)C1)C1(c2ccc(Cl)cc2)CCCCC1. The van der Waals surface area contributed by atoms with Crippen molar-refractivity contribution < 1.29 is 14.3 Å². The first-order valence-electron chi connectivity index (χ1n) is 10.1. The highest BCUT2D eigenvalue weighted by Gasteiger charge is 2.47. The molecule has 2 heterocycles. The molecule has 4 rings (SSSR count). The zero-order valence-corrected chi connectivity index (χ0v) is 16.6. The Morgan fingerprint density at radius 3 is 2.67 bits per heavy atom. The molecule has 6 heteroatoms. The number of ether oxygens (including phenoxy) is 2. The summed E-state index contributed by atoms with van der Waals surface area (Å²) in [5.74, 6) is 0.247. The number of halogens is 1. The van der Waals surface area contributed by atoms with E-state index in [0.29, 0.717) is 37.9 Å². The standard InChI is InChI=1S/C21H29ClN2O3/c22-18-6-4-17(5-7-18)21(8-2-1-3-9-21)19(25)24-11-13-27-20(15-24)14-23-10-12-26-16-20/h4-7,23H,1-3,8-16H2/t20-/m0/s1. The monoisotopic (exact) mass is 392 g/mol. The summed E-state index contributed by atoms with van der Waals surface area (Å²) >= 11 is 6.10. The summed E-state index contributed by atoms with van der Waals surface area (Å²) < 4.78 is 11.9. The highest BCUT2D eigenvalue weighted by Crippen LogP contribution is 2.42. The van der Waals surface area contributed by atoms with Gasteiger partial charge in [-0.25, -0.2) is 0 Å². The predicted octanol–water partition coefficient (Wildman–Crippen LogP) is 2.76. The predicted molar refractivity (Wildman–Crippen MR) is 105 cm³/mol. The van der Waals surface area contributed by atoms with E-state index in [1.165, 1.54) is 6.42 Å². The molecule has 1 saturated carbocycles. The number of carbonyl (C=O) groups is 1. The molecule has 1 aliphatic carbocycles. The van der Waals surface area contributed by atoms with Gasteiger partial charge in [-0.15, -0.1) is 0 Å². The van der Waals surface area contributed by atoms with Crippen LogP contribution in [0.4, 0.5) is 0 Å². The molecule has 2 aliphatic heterocycles. The summed E-state index contributed by atoms with van der Waals surface area (Å²) in [6, 6.07) is 7.89. The van der Waals surface area contributed by atoms with Crippen LogP contribution in [0.15, 0.2) is 24.3 Å². The Bertz CT molecular complexity index is 650. The van der Waals surface area contributed by atoms with Crippen LogP contribution >= 0.6 is 11.6 Å². The van der Waals surface area contributed by atoms with Crippen LogP contribution in [0.2, 0.25) is 5.02 Å². The topological polar surface area (TPSA) is 50.8 Å². The number of nitrogens with zero attached hydrogens (tertiary/aromatic N) is 1. The summed E-state index contributed by atoms with van der Waals surface area (Å²) in [5.41, 5.74) is 0.244. The maximum atomic E-state index is 13.8. The summed E-state index contributed by atoms with van der Waals surface area (Å²) in [5, 5.41) is 4.10. The van der Waals surface area contributed by atoms with Crippen LogP contribution in [0.5, 0.6) is 0 Å². The van der Waals surface area contributed by atoms with Gasteiger partial charge in [-0.3, -0.25) is 4.79 Å². The van der Waals surface area contributed by atoms with E-state index >= 15 is 0 Å². The molecule has 1 amide bonds. The van der Waals surface area contributed by atoms with Crippen molar-refractivity contribution in [2.45, 2.75) is 43.1 Å². The van der Waals surface area contributed by atoms with E-state index in [2.05, 4.69) is 5.32 Å². The van der Waals surface area contributed by atoms with Gasteiger partial charge in [-0.05, 0) is 30.5 Å². The Labute approximate surface area is 166 Å². The van der Waals surface area contributed by atoms with Crippen molar-refractivity contribution in [3.8, 4) is 0 Å². The summed E-state index contributed by atoms with van der Waals surface area (Å²) in [4.78, 5) is 15.9. The molecule has 0 unspecified atom stereocenters. The number of amides is 1. The number of carbonyl (C=O) groups excluding carboxylic acids is 1. The van der Waals surface area contributed by atoms with Crippen molar-refractivity contribution in [3.63, 3.8) is 0 Å². The minimum absolute atomic E-state index is 0.247. The second kappa shape index (κ2) is 8.08. The zero-order valence-electron chi connectivity index (χ0n) is 15.8. The molecule has 3 fully saturated rings. The molecule has 3 aliphatic rings. The Hall–Kier alpha value is -1.14. The van der Waals surface area contributed by atoms with Gasteiger partial charge in [0.15, 0.2) is 0 Å². The van der Waals surface area contributed by atoms with E-state index in [9.17, 15) is 4.79 Å². The van der Waals surface area contributed by atoms with E-state index < -0.39 is 11.0 Å². The molecular formula is C21H29ClN2O3. The molecule has 1 atom stereocenters. The lowest BCUT2D eigenvalue weighted by Crippen LogP contribution is -2.62. The van der Waals surface area contributed by atoms with E-state index in [1.807, 2.05) is 29.2 Å². The van der Waals surface area contributed by atoms with E-state index in [0.717, 1.165) is 44.3 Å². The minimum Gasteiger partial charge on any atom is -0.377 e. The third kappa shape index (κ3) is 3.88. The second-order valence-corrected chi connectivity index (χ2v) is 8.57. The molecule has 0 radical (unpaired) electrons. The molecule has 148 valence electrons. The maximum Gasteiger partial charge on any atom is 0.233 e. The van der Waals surface area contributed by atoms with Crippen LogP contribution in [-0.2, 0) is 19.7 Å². The molecule has 1 spiro atoms. The van der Waals surface area contributed by atoms with E-state index in [4.69, 9.17) is 21.1 Å². The fourth-order valence-corrected chi connectivity index (χ4v) is 4.96. The van der Waals surface area contributed by atoms with Crippen molar-refractivity contribution in [2.24, 2.45) is 0 Å². The van der Waals surface area contributed by atoms with Gasteiger partial charge in [0.25, 0.3) is 0 Å². The highest BCUT2D eigenvalue weighted by atomic mass is 35.5. The average molecular weight is 393 g/mol. The van der Waals surface area contributed by atoms with Crippen LogP contribution in [0, 0.1) is 0 Å². The van der Waals surface area contributed by atoms with Crippen LogP contribution < -0.4 is 5.32 Å². The minimum atomic E-state index is -0.430. The summed E-state index contributed by atoms with van der Waals surface area (Å²) in [7, 11) is 0. The quantitative estimate of drug-likeness (QED) is 0.840. The molecule has 1 aromatic carbocycles. The Morgan fingerprint density at radius 2 is 1.89 bits per heavy atom. The normalized spacial score (nSPS) is 28.7. The fourth-order valence-electron chi connectivity index (χ4n) is 4.84. The number of hydrogen-bond donors (Lipinski definition) is 1. The molecule has 0 aromatic heterocycles. The van der Waals surface area contributed by atoms with E-state index in [1.54, 1.807) is 0 Å². The lowest BCUT2D eigenvalue weighted by atomic mass is 9.68. The van der Waals surface area contributed by atoms with Crippen molar-refractivity contribution in [3.05, 3.63) is 34.9 Å². The maximum absolute atomic E-state index is 13.8. The van der Waals surface area contributed by atoms with Crippen LogP contribution in [0.25, 0.3) is 0 Å². The average Bonchev–Trinajstić information content (AvgIpc) is 2.94. The number of rotatable bonds is 2. The van der Waals surface area contributed by atoms with Crippen LogP contribution in [-0.4, -0.2) is 62.4 Å². The van der Waals surface area contributed by atoms with Gasteiger partial charge in [0.05, 0.1) is 31.8 Å². The van der Waals surface area contributed by atoms with Gasteiger partial charge in [-0.1, -0.05) is 43.0 Å². The molecule has 2 saturated heterocycles. The lowest BCUT2D eigenvalue weighted by molar-refractivity contribution is -0.164. The molecular weight excluding hydrogens is 364 g/mol. The van der Waals surface area contributed by atoms with Crippen LogP contribution in [0.3, 0.4) is 0 Å². The van der Waals surface area contributed by atoms with Gasteiger partial charge in [0.1, 0.15) is 5.60 Å². The summed E-state index contributed by atoms with van der Waals surface area (Å²) in [6.07, 6.45) is 5.20. The molecule has 27 heavy (non-hydrogen) atoms. The first-order valence-corrected chi connectivity index (χ1v) is 10.5. The van der Waals surface area contributed by atoms with E-state index in [-0.39, 0.29) is 5.91 Å². The number of morpholine rings is 1. The smallest absolute Gasteiger partial charge is 0.233 e. The fraction of sp³-hybridized carbons (Fsp3) is 0.667. The van der Waals surface area contributed by atoms with Gasteiger partial charge >= 0.3 is 0 Å². The Balaban J connectivity index is 1.60. The van der Waals surface area contributed by atoms with Crippen molar-refractivity contribution in [1.29, 1.82) is 0 Å². The Kier molecular flexibility index (Phi) is 5.74. The zero-order chi connectivity index (χ0) is 18.7. The van der Waals surface area contributed by atoms with Gasteiger partial charge in [-0.2, -0.15) is 0 Å². The largest absolute Gasteiger partial charge is 0.377 e. The van der Waals surface area contributed by atoms with Gasteiger partial charge in [0.2, 0.25) is 5.91 Å². The Morgan fingerprint density at radius 1 is 1.11 bits per heavy atom. The highest BCUT2D eigenvalue weighted by molar-refractivity contribution is 6.30. The van der Waals surface area contributed by atoms with Crippen LogP contribution in [0.1, 0.15) is 37.7 Å². The summed E-state index contributed by atoms with van der Waals surface area (Å²) in [6.45, 7) is 4.58. The number of nitrogens with one attached hydrogen (secondary N) is 1. The third-order valence-corrected chi connectivity index (χ3v) is 6.54.